The molecular weight excluding hydrogens is 338 g/mol. The SMILES string of the molecule is O=C(Oc1ccc(N2C(=O)[C@H]3CCCC[C@H]3C2=O)cc1)c1cccs1. The minimum atomic E-state index is -0.415. The van der Waals surface area contributed by atoms with Gasteiger partial charge in [-0.1, -0.05) is 18.9 Å². The van der Waals surface area contributed by atoms with Gasteiger partial charge in [-0.3, -0.25) is 14.5 Å². The van der Waals surface area contributed by atoms with Crippen molar-refractivity contribution in [2.24, 2.45) is 11.8 Å². The lowest BCUT2D eigenvalue weighted by Gasteiger charge is -2.19. The van der Waals surface area contributed by atoms with Crippen molar-refractivity contribution in [3.05, 3.63) is 46.7 Å². The van der Waals surface area contributed by atoms with Gasteiger partial charge in [0.25, 0.3) is 0 Å². The van der Waals surface area contributed by atoms with E-state index in [1.807, 2.05) is 5.38 Å². The highest BCUT2D eigenvalue weighted by Gasteiger charge is 2.48. The molecule has 6 heteroatoms. The van der Waals surface area contributed by atoms with Crippen molar-refractivity contribution in [2.75, 3.05) is 4.90 Å². The van der Waals surface area contributed by atoms with Crippen molar-refractivity contribution in [3.63, 3.8) is 0 Å². The summed E-state index contributed by atoms with van der Waals surface area (Å²) < 4.78 is 5.31. The number of hydrogen-bond acceptors (Lipinski definition) is 5. The van der Waals surface area contributed by atoms with Crippen LogP contribution in [-0.2, 0) is 9.59 Å². The molecule has 2 heterocycles. The van der Waals surface area contributed by atoms with E-state index in [0.717, 1.165) is 25.7 Å². The minimum absolute atomic E-state index is 0.0990. The molecule has 0 N–H and O–H groups in total. The normalized spacial score (nSPS) is 22.8. The number of thiophene rings is 1. The summed E-state index contributed by atoms with van der Waals surface area (Å²) in [7, 11) is 0. The summed E-state index contributed by atoms with van der Waals surface area (Å²) >= 11 is 1.31. The summed E-state index contributed by atoms with van der Waals surface area (Å²) in [6.45, 7) is 0. The number of ether oxygens (including phenoxy) is 1. The third kappa shape index (κ3) is 2.87. The van der Waals surface area contributed by atoms with Gasteiger partial charge in [0.05, 0.1) is 17.5 Å². The van der Waals surface area contributed by atoms with Crippen molar-refractivity contribution in [1.82, 2.24) is 0 Å². The number of carbonyl (C=O) groups excluding carboxylic acids is 3. The first-order valence-corrected chi connectivity index (χ1v) is 9.26. The van der Waals surface area contributed by atoms with Crippen LogP contribution in [0.25, 0.3) is 0 Å². The maximum absolute atomic E-state index is 12.6. The lowest BCUT2D eigenvalue weighted by Crippen LogP contribution is -2.30. The summed E-state index contributed by atoms with van der Waals surface area (Å²) in [6.07, 6.45) is 3.60. The highest BCUT2D eigenvalue weighted by atomic mass is 32.1. The lowest BCUT2D eigenvalue weighted by atomic mass is 9.81. The van der Waals surface area contributed by atoms with E-state index in [2.05, 4.69) is 0 Å². The first kappa shape index (κ1) is 16.0. The second-order valence-corrected chi connectivity index (χ2v) is 7.32. The lowest BCUT2D eigenvalue weighted by molar-refractivity contribution is -0.122. The Hall–Kier alpha value is -2.47. The van der Waals surface area contributed by atoms with Gasteiger partial charge in [-0.25, -0.2) is 4.79 Å². The van der Waals surface area contributed by atoms with E-state index in [4.69, 9.17) is 4.74 Å². The van der Waals surface area contributed by atoms with E-state index in [1.54, 1.807) is 36.4 Å². The summed E-state index contributed by atoms with van der Waals surface area (Å²) in [4.78, 5) is 39.0. The van der Waals surface area contributed by atoms with Crippen LogP contribution in [0.1, 0.15) is 35.4 Å². The summed E-state index contributed by atoms with van der Waals surface area (Å²) in [5.74, 6) is -0.563. The number of carbonyl (C=O) groups is 3. The average molecular weight is 355 g/mol. The molecule has 128 valence electrons. The Bertz CT molecular complexity index is 788. The second kappa shape index (κ2) is 6.44. The summed E-state index contributed by atoms with van der Waals surface area (Å²) in [6, 6.07) is 10.0. The van der Waals surface area contributed by atoms with E-state index in [0.29, 0.717) is 16.3 Å². The Balaban J connectivity index is 1.51. The standard InChI is InChI=1S/C19H17NO4S/c21-17-14-4-1-2-5-15(14)18(22)20(17)12-7-9-13(10-8-12)24-19(23)16-6-3-11-25-16/h3,6-11,14-15H,1-2,4-5H2/t14-,15+. The molecule has 1 aromatic heterocycles. The van der Waals surface area contributed by atoms with Crippen LogP contribution < -0.4 is 9.64 Å². The van der Waals surface area contributed by atoms with Gasteiger partial charge in [-0.05, 0) is 48.6 Å². The molecule has 4 rings (SSSR count). The van der Waals surface area contributed by atoms with Crippen molar-refractivity contribution < 1.29 is 19.1 Å². The number of anilines is 1. The van der Waals surface area contributed by atoms with Crippen molar-refractivity contribution >= 4 is 34.8 Å². The maximum Gasteiger partial charge on any atom is 0.353 e. The number of imide groups is 1. The third-order valence-electron chi connectivity index (χ3n) is 4.87. The van der Waals surface area contributed by atoms with Gasteiger partial charge < -0.3 is 4.74 Å². The molecule has 2 aromatic rings. The van der Waals surface area contributed by atoms with E-state index in [-0.39, 0.29) is 23.7 Å². The van der Waals surface area contributed by atoms with E-state index in [1.165, 1.54) is 16.2 Å². The largest absolute Gasteiger partial charge is 0.422 e. The van der Waals surface area contributed by atoms with Crippen LogP contribution >= 0.6 is 11.3 Å². The molecule has 1 aromatic carbocycles. The number of esters is 1. The zero-order chi connectivity index (χ0) is 17.4. The van der Waals surface area contributed by atoms with Crippen molar-refractivity contribution in [3.8, 4) is 5.75 Å². The van der Waals surface area contributed by atoms with Crippen LogP contribution in [-0.4, -0.2) is 17.8 Å². The van der Waals surface area contributed by atoms with Crippen LogP contribution in [0, 0.1) is 11.8 Å². The molecule has 5 nitrogen and oxygen atoms in total. The number of amides is 2. The van der Waals surface area contributed by atoms with E-state index < -0.39 is 5.97 Å². The molecule has 1 aliphatic heterocycles. The Kier molecular flexibility index (Phi) is 4.13. The predicted molar refractivity (Wildman–Crippen MR) is 93.7 cm³/mol. The fourth-order valence-corrected chi connectivity index (χ4v) is 4.23. The highest BCUT2D eigenvalue weighted by molar-refractivity contribution is 7.12. The predicted octanol–water partition coefficient (Wildman–Crippen LogP) is 3.65. The molecule has 0 radical (unpaired) electrons. The number of rotatable bonds is 3. The van der Waals surface area contributed by atoms with Gasteiger partial charge >= 0.3 is 5.97 Å². The molecule has 2 amide bonds. The number of benzene rings is 1. The van der Waals surface area contributed by atoms with E-state index >= 15 is 0 Å². The van der Waals surface area contributed by atoms with Crippen LogP contribution in [0.3, 0.4) is 0 Å². The van der Waals surface area contributed by atoms with Gasteiger partial charge in [0.1, 0.15) is 10.6 Å². The minimum Gasteiger partial charge on any atom is -0.422 e. The van der Waals surface area contributed by atoms with Crippen LogP contribution in [0.5, 0.6) is 5.75 Å². The Morgan fingerprint density at radius 3 is 2.20 bits per heavy atom. The number of hydrogen-bond donors (Lipinski definition) is 0. The second-order valence-electron chi connectivity index (χ2n) is 6.37. The van der Waals surface area contributed by atoms with Crippen molar-refractivity contribution in [2.45, 2.75) is 25.7 Å². The maximum atomic E-state index is 12.6. The topological polar surface area (TPSA) is 63.7 Å². The number of fused-ring (bicyclic) bond motifs is 1. The molecule has 1 aliphatic carbocycles. The quantitative estimate of drug-likeness (QED) is 0.479. The van der Waals surface area contributed by atoms with Crippen LogP contribution in [0.15, 0.2) is 41.8 Å². The molecule has 2 atom stereocenters. The van der Waals surface area contributed by atoms with Crippen LogP contribution in [0.2, 0.25) is 0 Å². The van der Waals surface area contributed by atoms with Crippen LogP contribution in [0.4, 0.5) is 5.69 Å². The highest BCUT2D eigenvalue weighted by Crippen LogP contribution is 2.40. The Morgan fingerprint density at radius 2 is 1.64 bits per heavy atom. The molecule has 1 saturated heterocycles. The number of nitrogens with zero attached hydrogens (tertiary/aromatic N) is 1. The molecule has 1 saturated carbocycles. The zero-order valence-corrected chi connectivity index (χ0v) is 14.3. The average Bonchev–Trinajstić information content (AvgIpc) is 3.25. The smallest absolute Gasteiger partial charge is 0.353 e. The Labute approximate surface area is 149 Å². The van der Waals surface area contributed by atoms with Crippen molar-refractivity contribution in [1.29, 1.82) is 0 Å². The molecule has 0 unspecified atom stereocenters. The van der Waals surface area contributed by atoms with Gasteiger partial charge in [0.2, 0.25) is 11.8 Å². The third-order valence-corrected chi connectivity index (χ3v) is 5.72. The summed E-state index contributed by atoms with van der Waals surface area (Å²) in [5, 5.41) is 1.81. The first-order chi connectivity index (χ1) is 12.1. The molecule has 25 heavy (non-hydrogen) atoms. The monoisotopic (exact) mass is 355 g/mol. The molecule has 0 spiro atoms. The van der Waals surface area contributed by atoms with Gasteiger partial charge in [-0.15, -0.1) is 11.3 Å². The molecule has 0 bridgehead atoms. The Morgan fingerprint density at radius 1 is 1.00 bits per heavy atom. The summed E-state index contributed by atoms with van der Waals surface area (Å²) in [5.41, 5.74) is 0.542. The van der Waals surface area contributed by atoms with E-state index in [9.17, 15) is 14.4 Å². The van der Waals surface area contributed by atoms with Gasteiger partial charge in [0.15, 0.2) is 0 Å². The zero-order valence-electron chi connectivity index (χ0n) is 13.5. The van der Waals surface area contributed by atoms with Gasteiger partial charge in [0, 0.05) is 0 Å². The van der Waals surface area contributed by atoms with Gasteiger partial charge in [-0.2, -0.15) is 0 Å². The molecule has 2 aliphatic rings. The fraction of sp³-hybridized carbons (Fsp3) is 0.316. The fourth-order valence-electron chi connectivity index (χ4n) is 3.63. The first-order valence-electron chi connectivity index (χ1n) is 8.39. The molecule has 2 fully saturated rings. The molecular formula is C19H17NO4S.